The van der Waals surface area contributed by atoms with Crippen molar-refractivity contribution in [1.29, 1.82) is 0 Å². The quantitative estimate of drug-likeness (QED) is 0.769. The van der Waals surface area contributed by atoms with E-state index in [0.717, 1.165) is 18.5 Å². The molecule has 0 amide bonds. The van der Waals surface area contributed by atoms with Crippen LogP contribution in [0.3, 0.4) is 0 Å². The van der Waals surface area contributed by atoms with Crippen LogP contribution in [0.5, 0.6) is 0 Å². The lowest BCUT2D eigenvalue weighted by atomic mass is 9.77. The van der Waals surface area contributed by atoms with Crippen LogP contribution in [-0.4, -0.2) is 4.57 Å². The van der Waals surface area contributed by atoms with E-state index < -0.39 is 0 Å². The number of nitrogens with zero attached hydrogens (tertiary/aromatic N) is 1. The van der Waals surface area contributed by atoms with Crippen LogP contribution in [0.4, 0.5) is 0 Å². The van der Waals surface area contributed by atoms with E-state index in [4.69, 9.17) is 0 Å². The summed E-state index contributed by atoms with van der Waals surface area (Å²) in [6, 6.07) is 12.2. The molecule has 0 bridgehead atoms. The van der Waals surface area contributed by atoms with Gasteiger partial charge in [-0.05, 0) is 36.1 Å². The van der Waals surface area contributed by atoms with Crippen LogP contribution in [0.2, 0.25) is 0 Å². The van der Waals surface area contributed by atoms with E-state index in [9.17, 15) is 4.79 Å². The van der Waals surface area contributed by atoms with Crippen molar-refractivity contribution >= 4 is 0 Å². The minimum absolute atomic E-state index is 0.106. The first kappa shape index (κ1) is 10.3. The zero-order chi connectivity index (χ0) is 11.8. The van der Waals surface area contributed by atoms with Gasteiger partial charge in [0, 0.05) is 24.7 Å². The number of fused-ring (bicyclic) bond motifs is 1. The summed E-state index contributed by atoms with van der Waals surface area (Å²) < 4.78 is 1.81. The first-order valence-corrected chi connectivity index (χ1v) is 5.99. The molecule has 86 valence electrons. The third-order valence-electron chi connectivity index (χ3n) is 3.53. The fourth-order valence-electron chi connectivity index (χ4n) is 2.52. The van der Waals surface area contributed by atoms with Crippen LogP contribution < -0.4 is 5.56 Å². The second kappa shape index (κ2) is 3.88. The van der Waals surface area contributed by atoms with E-state index in [2.05, 4.69) is 24.3 Å². The standard InChI is InChI=1S/C15H15NO/c1-11-6-7-16(15(17)8-11)10-13-9-12-4-2-3-5-14(12)13/h2-8,13H,9-10H2,1H3. The van der Waals surface area contributed by atoms with Crippen LogP contribution in [0.1, 0.15) is 22.6 Å². The molecule has 0 fully saturated rings. The number of aromatic nitrogens is 1. The Balaban J connectivity index is 1.84. The normalized spacial score (nSPS) is 17.4. The van der Waals surface area contributed by atoms with E-state index in [0.29, 0.717) is 5.92 Å². The summed E-state index contributed by atoms with van der Waals surface area (Å²) in [5.41, 5.74) is 3.97. The van der Waals surface area contributed by atoms with Crippen molar-refractivity contribution in [3.8, 4) is 0 Å². The molecule has 17 heavy (non-hydrogen) atoms. The summed E-state index contributed by atoms with van der Waals surface area (Å²) in [5, 5.41) is 0. The summed E-state index contributed by atoms with van der Waals surface area (Å²) >= 11 is 0. The summed E-state index contributed by atoms with van der Waals surface area (Å²) in [5.74, 6) is 0.506. The van der Waals surface area contributed by atoms with Gasteiger partial charge in [0.25, 0.3) is 5.56 Å². The van der Waals surface area contributed by atoms with Crippen LogP contribution in [0, 0.1) is 6.92 Å². The van der Waals surface area contributed by atoms with Crippen LogP contribution in [-0.2, 0) is 13.0 Å². The molecule has 1 aliphatic carbocycles. The molecule has 2 heteroatoms. The van der Waals surface area contributed by atoms with Crippen molar-refractivity contribution in [2.45, 2.75) is 25.8 Å². The summed E-state index contributed by atoms with van der Waals surface area (Å²) in [6.07, 6.45) is 3.00. The number of pyridine rings is 1. The van der Waals surface area contributed by atoms with Gasteiger partial charge in [0.15, 0.2) is 0 Å². The van der Waals surface area contributed by atoms with Gasteiger partial charge in [-0.3, -0.25) is 4.79 Å². The minimum Gasteiger partial charge on any atom is -0.315 e. The number of hydrogen-bond donors (Lipinski definition) is 0. The lowest BCUT2D eigenvalue weighted by Gasteiger charge is -2.30. The maximum absolute atomic E-state index is 11.8. The van der Waals surface area contributed by atoms with E-state index in [1.807, 2.05) is 23.8 Å². The number of aryl methyl sites for hydroxylation is 1. The average Bonchev–Trinajstić information content (AvgIpc) is 2.28. The van der Waals surface area contributed by atoms with Gasteiger partial charge in [-0.2, -0.15) is 0 Å². The minimum atomic E-state index is 0.106. The van der Waals surface area contributed by atoms with Gasteiger partial charge >= 0.3 is 0 Å². The highest BCUT2D eigenvalue weighted by Crippen LogP contribution is 2.35. The second-order valence-corrected chi connectivity index (χ2v) is 4.79. The summed E-state index contributed by atoms with van der Waals surface area (Å²) in [6.45, 7) is 2.75. The molecule has 3 rings (SSSR count). The molecule has 1 unspecified atom stereocenters. The van der Waals surface area contributed by atoms with Crippen LogP contribution in [0.15, 0.2) is 47.4 Å². The van der Waals surface area contributed by atoms with Crippen LogP contribution in [0.25, 0.3) is 0 Å². The Morgan fingerprint density at radius 1 is 1.29 bits per heavy atom. The Hall–Kier alpha value is -1.83. The van der Waals surface area contributed by atoms with Crippen molar-refractivity contribution in [1.82, 2.24) is 4.57 Å². The average molecular weight is 225 g/mol. The van der Waals surface area contributed by atoms with Gasteiger partial charge in [-0.1, -0.05) is 24.3 Å². The molecule has 2 aromatic rings. The molecule has 0 N–H and O–H groups in total. The maximum atomic E-state index is 11.8. The first-order valence-electron chi connectivity index (χ1n) is 5.99. The predicted octanol–water partition coefficient (Wildman–Crippen LogP) is 2.50. The molecule has 1 heterocycles. The molecule has 1 aromatic heterocycles. The fourth-order valence-corrected chi connectivity index (χ4v) is 2.52. The smallest absolute Gasteiger partial charge is 0.250 e. The van der Waals surface area contributed by atoms with Crippen molar-refractivity contribution < 1.29 is 0 Å². The zero-order valence-corrected chi connectivity index (χ0v) is 9.89. The van der Waals surface area contributed by atoms with Gasteiger partial charge in [0.2, 0.25) is 0 Å². The molecule has 1 aromatic carbocycles. The third-order valence-corrected chi connectivity index (χ3v) is 3.53. The molecule has 2 nitrogen and oxygen atoms in total. The van der Waals surface area contributed by atoms with Crippen LogP contribution >= 0.6 is 0 Å². The van der Waals surface area contributed by atoms with Crippen molar-refractivity contribution in [3.63, 3.8) is 0 Å². The highest BCUT2D eigenvalue weighted by molar-refractivity contribution is 5.39. The topological polar surface area (TPSA) is 22.0 Å². The van der Waals surface area contributed by atoms with E-state index in [1.54, 1.807) is 6.07 Å². The van der Waals surface area contributed by atoms with Gasteiger partial charge < -0.3 is 4.57 Å². The third kappa shape index (κ3) is 1.80. The number of hydrogen-bond acceptors (Lipinski definition) is 1. The summed E-state index contributed by atoms with van der Waals surface area (Å²) in [7, 11) is 0. The molecule has 1 atom stereocenters. The van der Waals surface area contributed by atoms with E-state index >= 15 is 0 Å². The molecule has 1 aliphatic rings. The largest absolute Gasteiger partial charge is 0.315 e. The molecule has 0 saturated heterocycles. The van der Waals surface area contributed by atoms with Gasteiger partial charge in [-0.25, -0.2) is 0 Å². The number of rotatable bonds is 2. The highest BCUT2D eigenvalue weighted by Gasteiger charge is 2.25. The lowest BCUT2D eigenvalue weighted by molar-refractivity contribution is 0.498. The first-order chi connectivity index (χ1) is 8.24. The molecule has 0 spiro atoms. The van der Waals surface area contributed by atoms with Crippen molar-refractivity contribution in [2.75, 3.05) is 0 Å². The Kier molecular flexibility index (Phi) is 2.36. The lowest BCUT2D eigenvalue weighted by Crippen LogP contribution is -2.27. The Bertz CT molecular complexity index is 612. The number of benzene rings is 1. The monoisotopic (exact) mass is 225 g/mol. The summed E-state index contributed by atoms with van der Waals surface area (Å²) in [4.78, 5) is 11.8. The molecule has 0 aliphatic heterocycles. The fraction of sp³-hybridized carbons (Fsp3) is 0.267. The Morgan fingerprint density at radius 3 is 2.88 bits per heavy atom. The molecule has 0 radical (unpaired) electrons. The van der Waals surface area contributed by atoms with Gasteiger partial charge in [0.05, 0.1) is 0 Å². The van der Waals surface area contributed by atoms with E-state index in [-0.39, 0.29) is 5.56 Å². The van der Waals surface area contributed by atoms with Gasteiger partial charge in [-0.15, -0.1) is 0 Å². The molecular formula is C15H15NO. The Labute approximate surface area is 101 Å². The zero-order valence-electron chi connectivity index (χ0n) is 9.89. The van der Waals surface area contributed by atoms with E-state index in [1.165, 1.54) is 11.1 Å². The maximum Gasteiger partial charge on any atom is 0.250 e. The highest BCUT2D eigenvalue weighted by atomic mass is 16.1. The molecular weight excluding hydrogens is 210 g/mol. The second-order valence-electron chi connectivity index (χ2n) is 4.79. The molecule has 0 saturated carbocycles. The predicted molar refractivity (Wildman–Crippen MR) is 68.3 cm³/mol. The van der Waals surface area contributed by atoms with Crippen molar-refractivity contribution in [2.24, 2.45) is 0 Å². The SMILES string of the molecule is Cc1ccn(CC2Cc3ccccc32)c(=O)c1. The van der Waals surface area contributed by atoms with Crippen molar-refractivity contribution in [3.05, 3.63) is 69.6 Å². The Morgan fingerprint density at radius 2 is 2.12 bits per heavy atom. The van der Waals surface area contributed by atoms with Gasteiger partial charge in [0.1, 0.15) is 0 Å².